The van der Waals surface area contributed by atoms with Gasteiger partial charge in [0.1, 0.15) is 5.82 Å². The van der Waals surface area contributed by atoms with Crippen molar-refractivity contribution in [2.45, 2.75) is 37.5 Å². The summed E-state index contributed by atoms with van der Waals surface area (Å²) in [5, 5.41) is 1.70. The molecule has 0 radical (unpaired) electrons. The molecular formula is C17H15ClF4N4O. The molecule has 1 aromatic rings. The molecule has 10 heteroatoms. The van der Waals surface area contributed by atoms with Crippen LogP contribution in [-0.2, 0) is 6.18 Å². The standard InChI is InChI=1S/C17H15ClF4N4O/c18-11-7-14(12(19)6-10(11)17(20,21)22)24-16(27)26-8-1-2-15(26)9-3-4-23-25-13(9)5-8/h3-4,6-8,15,23,25H,1-2,5H2,(H,24,27). The number of benzene rings is 1. The summed E-state index contributed by atoms with van der Waals surface area (Å²) < 4.78 is 52.6. The van der Waals surface area contributed by atoms with Crippen LogP contribution in [0.25, 0.3) is 0 Å². The van der Waals surface area contributed by atoms with Crippen LogP contribution in [0.5, 0.6) is 0 Å². The number of urea groups is 1. The van der Waals surface area contributed by atoms with Crippen molar-refractivity contribution in [1.82, 2.24) is 15.8 Å². The van der Waals surface area contributed by atoms with Crippen molar-refractivity contribution in [3.05, 3.63) is 52.1 Å². The van der Waals surface area contributed by atoms with Crippen LogP contribution < -0.4 is 16.2 Å². The molecule has 3 aliphatic rings. The number of rotatable bonds is 1. The molecule has 0 aliphatic carbocycles. The van der Waals surface area contributed by atoms with Gasteiger partial charge >= 0.3 is 12.2 Å². The zero-order valence-electron chi connectivity index (χ0n) is 13.8. The first-order valence-electron chi connectivity index (χ1n) is 8.32. The molecule has 2 bridgehead atoms. The van der Waals surface area contributed by atoms with E-state index in [9.17, 15) is 22.4 Å². The summed E-state index contributed by atoms with van der Waals surface area (Å²) >= 11 is 5.63. The molecule has 144 valence electrons. The van der Waals surface area contributed by atoms with Gasteiger partial charge in [0.15, 0.2) is 0 Å². The molecule has 3 heterocycles. The Hall–Kier alpha value is -2.42. The molecule has 3 aliphatic heterocycles. The summed E-state index contributed by atoms with van der Waals surface area (Å²) in [5.74, 6) is -1.19. The number of anilines is 1. The minimum atomic E-state index is -4.77. The van der Waals surface area contributed by atoms with Crippen LogP contribution >= 0.6 is 11.6 Å². The van der Waals surface area contributed by atoms with E-state index in [0.717, 1.165) is 30.2 Å². The van der Waals surface area contributed by atoms with Gasteiger partial charge in [-0.1, -0.05) is 11.6 Å². The monoisotopic (exact) mass is 402 g/mol. The molecule has 0 spiro atoms. The Labute approximate surface area is 157 Å². The highest BCUT2D eigenvalue weighted by Crippen LogP contribution is 2.41. The summed E-state index contributed by atoms with van der Waals surface area (Å²) in [4.78, 5) is 14.4. The summed E-state index contributed by atoms with van der Waals surface area (Å²) in [6.45, 7) is 0. The molecule has 3 N–H and O–H groups in total. The molecule has 27 heavy (non-hydrogen) atoms. The average molecular weight is 403 g/mol. The molecule has 2 atom stereocenters. The Kier molecular flexibility index (Phi) is 4.21. The lowest BCUT2D eigenvalue weighted by molar-refractivity contribution is -0.137. The van der Waals surface area contributed by atoms with Crippen molar-refractivity contribution in [1.29, 1.82) is 0 Å². The van der Waals surface area contributed by atoms with E-state index < -0.39 is 28.6 Å². The molecule has 1 saturated heterocycles. The van der Waals surface area contributed by atoms with Gasteiger partial charge in [0, 0.05) is 24.4 Å². The van der Waals surface area contributed by atoms with Crippen molar-refractivity contribution >= 4 is 23.3 Å². The van der Waals surface area contributed by atoms with E-state index in [0.29, 0.717) is 12.5 Å². The maximum absolute atomic E-state index is 14.1. The van der Waals surface area contributed by atoms with Crippen LogP contribution in [0.3, 0.4) is 0 Å². The molecule has 0 saturated carbocycles. The third-order valence-electron chi connectivity index (χ3n) is 5.06. The number of amides is 2. The number of hydrogen-bond donors (Lipinski definition) is 3. The lowest BCUT2D eigenvalue weighted by atomic mass is 9.97. The number of carbonyl (C=O) groups is 1. The molecule has 2 amide bonds. The van der Waals surface area contributed by atoms with E-state index in [1.54, 1.807) is 11.1 Å². The van der Waals surface area contributed by atoms with Crippen molar-refractivity contribution in [2.24, 2.45) is 0 Å². The van der Waals surface area contributed by atoms with Gasteiger partial charge in [-0.25, -0.2) is 9.18 Å². The number of alkyl halides is 3. The highest BCUT2D eigenvalue weighted by atomic mass is 35.5. The number of hydrazine groups is 1. The predicted molar refractivity (Wildman–Crippen MR) is 91.1 cm³/mol. The number of nitrogens with one attached hydrogen (secondary N) is 3. The van der Waals surface area contributed by atoms with Crippen molar-refractivity contribution in [3.8, 4) is 0 Å². The zero-order valence-corrected chi connectivity index (χ0v) is 14.6. The second-order valence-corrected chi connectivity index (χ2v) is 7.04. The van der Waals surface area contributed by atoms with Gasteiger partial charge in [-0.15, -0.1) is 0 Å². The van der Waals surface area contributed by atoms with Gasteiger partial charge in [0.05, 0.1) is 22.3 Å². The Morgan fingerprint density at radius 2 is 2.07 bits per heavy atom. The molecule has 5 nitrogen and oxygen atoms in total. The Morgan fingerprint density at radius 3 is 2.81 bits per heavy atom. The topological polar surface area (TPSA) is 56.4 Å². The fourth-order valence-electron chi connectivity index (χ4n) is 3.89. The van der Waals surface area contributed by atoms with E-state index in [-0.39, 0.29) is 17.8 Å². The van der Waals surface area contributed by atoms with Crippen LogP contribution in [-0.4, -0.2) is 23.0 Å². The maximum atomic E-state index is 14.1. The van der Waals surface area contributed by atoms with Crippen LogP contribution in [0.1, 0.15) is 24.8 Å². The van der Waals surface area contributed by atoms with E-state index >= 15 is 0 Å². The number of hydrogen-bond acceptors (Lipinski definition) is 3. The highest BCUT2D eigenvalue weighted by Gasteiger charge is 2.44. The largest absolute Gasteiger partial charge is 0.417 e. The van der Waals surface area contributed by atoms with Gasteiger partial charge < -0.3 is 21.1 Å². The van der Waals surface area contributed by atoms with Crippen molar-refractivity contribution in [3.63, 3.8) is 0 Å². The van der Waals surface area contributed by atoms with Gasteiger partial charge in [0.25, 0.3) is 0 Å². The fraction of sp³-hybridized carbons (Fsp3) is 0.353. The maximum Gasteiger partial charge on any atom is 0.417 e. The molecule has 0 aromatic heterocycles. The Morgan fingerprint density at radius 1 is 1.30 bits per heavy atom. The highest BCUT2D eigenvalue weighted by molar-refractivity contribution is 6.31. The number of nitrogens with zero attached hydrogens (tertiary/aromatic N) is 1. The zero-order chi connectivity index (χ0) is 19.3. The summed E-state index contributed by atoms with van der Waals surface area (Å²) in [6.07, 6.45) is 1.00. The average Bonchev–Trinajstić information content (AvgIpc) is 2.92. The van der Waals surface area contributed by atoms with Crippen molar-refractivity contribution in [2.75, 3.05) is 5.32 Å². The molecule has 1 fully saturated rings. The third kappa shape index (κ3) is 3.09. The number of fused-ring (bicyclic) bond motifs is 3. The van der Waals surface area contributed by atoms with E-state index in [1.807, 2.05) is 6.08 Å². The first-order valence-corrected chi connectivity index (χ1v) is 8.70. The number of carbonyl (C=O) groups excluding carboxylic acids is 1. The van der Waals surface area contributed by atoms with Gasteiger partial charge in [-0.2, -0.15) is 13.2 Å². The van der Waals surface area contributed by atoms with Crippen LogP contribution in [0.4, 0.5) is 28.0 Å². The van der Waals surface area contributed by atoms with Crippen LogP contribution in [0.15, 0.2) is 35.7 Å². The predicted octanol–water partition coefficient (Wildman–Crippen LogP) is 4.14. The first-order chi connectivity index (χ1) is 12.8. The summed E-state index contributed by atoms with van der Waals surface area (Å²) in [5.41, 5.74) is 6.30. The van der Waals surface area contributed by atoms with E-state index in [4.69, 9.17) is 11.6 Å². The SMILES string of the molecule is O=C(Nc1cc(Cl)c(C(F)(F)F)cc1F)N1C2CCC1C1=C(C2)NNC=C1. The third-order valence-corrected chi connectivity index (χ3v) is 5.37. The van der Waals surface area contributed by atoms with E-state index in [2.05, 4.69) is 16.2 Å². The van der Waals surface area contributed by atoms with Gasteiger partial charge in [0.2, 0.25) is 0 Å². The van der Waals surface area contributed by atoms with Gasteiger partial charge in [-0.05, 0) is 36.6 Å². The smallest absolute Gasteiger partial charge is 0.314 e. The molecular weight excluding hydrogens is 388 g/mol. The minimum absolute atomic E-state index is 0.0671. The quantitative estimate of drug-likeness (QED) is 0.619. The second kappa shape index (κ2) is 6.33. The first kappa shape index (κ1) is 18.0. The lowest BCUT2D eigenvalue weighted by Gasteiger charge is -2.38. The molecule has 4 rings (SSSR count). The van der Waals surface area contributed by atoms with Crippen LogP contribution in [0, 0.1) is 5.82 Å². The Balaban J connectivity index is 1.58. The van der Waals surface area contributed by atoms with Crippen molar-refractivity contribution < 1.29 is 22.4 Å². The second-order valence-electron chi connectivity index (χ2n) is 6.63. The fourth-order valence-corrected chi connectivity index (χ4v) is 4.16. The lowest BCUT2D eigenvalue weighted by Crippen LogP contribution is -2.50. The normalized spacial score (nSPS) is 23.7. The summed E-state index contributed by atoms with van der Waals surface area (Å²) in [7, 11) is 0. The number of halogens is 5. The van der Waals surface area contributed by atoms with Crippen LogP contribution in [0.2, 0.25) is 5.02 Å². The molecule has 2 unspecified atom stereocenters. The van der Waals surface area contributed by atoms with Gasteiger partial charge in [-0.3, -0.25) is 0 Å². The Bertz CT molecular complexity index is 867. The molecule has 1 aromatic carbocycles. The minimum Gasteiger partial charge on any atom is -0.314 e. The summed E-state index contributed by atoms with van der Waals surface area (Å²) in [6, 6.07) is 0.291. The van der Waals surface area contributed by atoms with E-state index in [1.165, 1.54) is 0 Å².